The Morgan fingerprint density at radius 2 is 2.31 bits per heavy atom. The van der Waals surface area contributed by atoms with Gasteiger partial charge in [0.1, 0.15) is 5.78 Å². The molecule has 0 aliphatic rings. The average Bonchev–Trinajstić information content (AvgIpc) is 2.57. The molecule has 0 amide bonds. The second-order valence-electron chi connectivity index (χ2n) is 3.30. The van der Waals surface area contributed by atoms with E-state index in [2.05, 4.69) is 6.92 Å². The van der Waals surface area contributed by atoms with Crippen LogP contribution in [0.2, 0.25) is 0 Å². The molecule has 0 bridgehead atoms. The molecule has 0 atom stereocenters. The summed E-state index contributed by atoms with van der Waals surface area (Å²) in [6.45, 7) is 2.14. The molecule has 1 aromatic rings. The zero-order chi connectivity index (χ0) is 9.52. The lowest BCUT2D eigenvalue weighted by Gasteiger charge is -1.97. The normalized spacial score (nSPS) is 10.2. The fourth-order valence-electron chi connectivity index (χ4n) is 1.28. The van der Waals surface area contributed by atoms with Crippen molar-refractivity contribution in [1.82, 2.24) is 0 Å². The van der Waals surface area contributed by atoms with Gasteiger partial charge >= 0.3 is 0 Å². The van der Waals surface area contributed by atoms with Crippen molar-refractivity contribution in [2.45, 2.75) is 39.0 Å². The molecule has 0 fully saturated rings. The molecule has 13 heavy (non-hydrogen) atoms. The smallest absolute Gasteiger partial charge is 0.137 e. The van der Waals surface area contributed by atoms with Gasteiger partial charge in [0, 0.05) is 12.8 Å². The average molecular weight is 180 g/mol. The fraction of sp³-hybridized carbons (Fsp3) is 0.545. The van der Waals surface area contributed by atoms with Gasteiger partial charge < -0.3 is 4.42 Å². The quantitative estimate of drug-likeness (QED) is 0.630. The first-order valence-electron chi connectivity index (χ1n) is 4.85. The highest BCUT2D eigenvalue weighted by Gasteiger charge is 2.03. The second kappa shape index (κ2) is 5.57. The third-order valence-corrected chi connectivity index (χ3v) is 2.04. The third kappa shape index (κ3) is 3.92. The van der Waals surface area contributed by atoms with Crippen molar-refractivity contribution in [2.24, 2.45) is 0 Å². The molecule has 1 heterocycles. The number of hydrogen-bond donors (Lipinski definition) is 0. The van der Waals surface area contributed by atoms with Crippen LogP contribution in [0.3, 0.4) is 0 Å². The van der Waals surface area contributed by atoms with Crippen molar-refractivity contribution in [2.75, 3.05) is 0 Å². The predicted molar refractivity (Wildman–Crippen MR) is 51.6 cm³/mol. The van der Waals surface area contributed by atoms with Gasteiger partial charge in [-0.2, -0.15) is 0 Å². The largest absolute Gasteiger partial charge is 0.472 e. The van der Waals surface area contributed by atoms with E-state index in [1.807, 2.05) is 6.07 Å². The van der Waals surface area contributed by atoms with E-state index in [0.717, 1.165) is 18.4 Å². The molecular weight excluding hydrogens is 164 g/mol. The number of ketones is 1. The molecular formula is C11H16O2. The first-order valence-corrected chi connectivity index (χ1v) is 4.85. The number of furan rings is 1. The van der Waals surface area contributed by atoms with Gasteiger partial charge in [-0.05, 0) is 18.1 Å². The summed E-state index contributed by atoms with van der Waals surface area (Å²) in [5.74, 6) is 0.315. The summed E-state index contributed by atoms with van der Waals surface area (Å²) in [5.41, 5.74) is 0.987. The van der Waals surface area contributed by atoms with Gasteiger partial charge in [0.05, 0.1) is 12.5 Å². The Hall–Kier alpha value is -1.05. The molecule has 0 aromatic carbocycles. The van der Waals surface area contributed by atoms with Gasteiger partial charge in [0.2, 0.25) is 0 Å². The van der Waals surface area contributed by atoms with Gasteiger partial charge in [0.15, 0.2) is 0 Å². The fourth-order valence-corrected chi connectivity index (χ4v) is 1.28. The Morgan fingerprint density at radius 3 is 2.92 bits per heavy atom. The molecule has 0 saturated carbocycles. The SMILES string of the molecule is CCCCCC(=O)Cc1ccoc1. The lowest BCUT2D eigenvalue weighted by atomic mass is 10.1. The highest BCUT2D eigenvalue weighted by molar-refractivity contribution is 5.80. The van der Waals surface area contributed by atoms with Crippen LogP contribution < -0.4 is 0 Å². The van der Waals surface area contributed by atoms with E-state index in [-0.39, 0.29) is 0 Å². The van der Waals surface area contributed by atoms with Gasteiger partial charge in [-0.3, -0.25) is 4.79 Å². The lowest BCUT2D eigenvalue weighted by Crippen LogP contribution is -2.01. The van der Waals surface area contributed by atoms with E-state index in [1.54, 1.807) is 12.5 Å². The third-order valence-electron chi connectivity index (χ3n) is 2.04. The van der Waals surface area contributed by atoms with Crippen LogP contribution in [-0.2, 0) is 11.2 Å². The van der Waals surface area contributed by atoms with E-state index in [4.69, 9.17) is 4.42 Å². The van der Waals surface area contributed by atoms with E-state index in [0.29, 0.717) is 18.6 Å². The first kappa shape index (κ1) is 10.0. The molecule has 2 nitrogen and oxygen atoms in total. The van der Waals surface area contributed by atoms with Crippen molar-refractivity contribution < 1.29 is 9.21 Å². The van der Waals surface area contributed by atoms with Gasteiger partial charge in [-0.25, -0.2) is 0 Å². The number of unbranched alkanes of at least 4 members (excludes halogenated alkanes) is 2. The highest BCUT2D eigenvalue weighted by Crippen LogP contribution is 2.06. The van der Waals surface area contributed by atoms with Crippen molar-refractivity contribution in [3.63, 3.8) is 0 Å². The second-order valence-corrected chi connectivity index (χ2v) is 3.30. The number of carbonyl (C=O) groups excluding carboxylic acids is 1. The summed E-state index contributed by atoms with van der Waals surface area (Å²) in [4.78, 5) is 11.3. The molecule has 0 aliphatic carbocycles. The Labute approximate surface area is 78.9 Å². The minimum atomic E-state index is 0.315. The molecule has 0 radical (unpaired) electrons. The first-order chi connectivity index (χ1) is 6.33. The maximum Gasteiger partial charge on any atom is 0.137 e. The zero-order valence-corrected chi connectivity index (χ0v) is 8.08. The molecule has 0 spiro atoms. The van der Waals surface area contributed by atoms with Gasteiger partial charge in [-0.15, -0.1) is 0 Å². The summed E-state index contributed by atoms with van der Waals surface area (Å²) in [7, 11) is 0. The Bertz CT molecular complexity index is 237. The topological polar surface area (TPSA) is 30.2 Å². The molecule has 0 aliphatic heterocycles. The molecule has 0 N–H and O–H groups in total. The van der Waals surface area contributed by atoms with E-state index >= 15 is 0 Å². The Balaban J connectivity index is 2.18. The molecule has 2 heteroatoms. The van der Waals surface area contributed by atoms with Crippen molar-refractivity contribution in [1.29, 1.82) is 0 Å². The predicted octanol–water partition coefficient (Wildman–Crippen LogP) is 2.97. The summed E-state index contributed by atoms with van der Waals surface area (Å²) in [6.07, 6.45) is 7.81. The van der Waals surface area contributed by atoms with Gasteiger partial charge in [0.25, 0.3) is 0 Å². The number of hydrogen-bond acceptors (Lipinski definition) is 2. The van der Waals surface area contributed by atoms with E-state index in [9.17, 15) is 4.79 Å². The Morgan fingerprint density at radius 1 is 1.46 bits per heavy atom. The van der Waals surface area contributed by atoms with E-state index in [1.165, 1.54) is 6.42 Å². The molecule has 0 unspecified atom stereocenters. The van der Waals surface area contributed by atoms with Crippen LogP contribution in [0.15, 0.2) is 23.0 Å². The van der Waals surface area contributed by atoms with Crippen LogP contribution in [-0.4, -0.2) is 5.78 Å². The number of carbonyl (C=O) groups is 1. The molecule has 1 aromatic heterocycles. The summed E-state index contributed by atoms with van der Waals surface area (Å²) in [6, 6.07) is 1.84. The van der Waals surface area contributed by atoms with Crippen LogP contribution in [0.25, 0.3) is 0 Å². The van der Waals surface area contributed by atoms with Crippen LogP contribution in [0.4, 0.5) is 0 Å². The monoisotopic (exact) mass is 180 g/mol. The van der Waals surface area contributed by atoms with Crippen LogP contribution in [0, 0.1) is 0 Å². The standard InChI is InChI=1S/C11H16O2/c1-2-3-4-5-11(12)8-10-6-7-13-9-10/h6-7,9H,2-5,8H2,1H3. The van der Waals surface area contributed by atoms with Crippen LogP contribution in [0.5, 0.6) is 0 Å². The minimum absolute atomic E-state index is 0.315. The van der Waals surface area contributed by atoms with Crippen LogP contribution in [0.1, 0.15) is 38.2 Å². The highest BCUT2D eigenvalue weighted by atomic mass is 16.3. The van der Waals surface area contributed by atoms with Gasteiger partial charge in [-0.1, -0.05) is 19.8 Å². The van der Waals surface area contributed by atoms with Crippen LogP contribution >= 0.6 is 0 Å². The van der Waals surface area contributed by atoms with Crippen molar-refractivity contribution in [3.8, 4) is 0 Å². The lowest BCUT2D eigenvalue weighted by molar-refractivity contribution is -0.118. The summed E-state index contributed by atoms with van der Waals surface area (Å²) >= 11 is 0. The molecule has 1 rings (SSSR count). The maximum absolute atomic E-state index is 11.3. The van der Waals surface area contributed by atoms with Crippen molar-refractivity contribution in [3.05, 3.63) is 24.2 Å². The minimum Gasteiger partial charge on any atom is -0.472 e. The van der Waals surface area contributed by atoms with Crippen molar-refractivity contribution >= 4 is 5.78 Å². The summed E-state index contributed by atoms with van der Waals surface area (Å²) < 4.78 is 4.89. The Kier molecular flexibility index (Phi) is 4.30. The molecule has 0 saturated heterocycles. The van der Waals surface area contributed by atoms with E-state index < -0.39 is 0 Å². The number of Topliss-reactive ketones (excluding diaryl/α,β-unsaturated/α-hetero) is 1. The summed E-state index contributed by atoms with van der Waals surface area (Å²) in [5, 5.41) is 0. The number of rotatable bonds is 6. The molecule has 72 valence electrons. The zero-order valence-electron chi connectivity index (χ0n) is 8.08. The maximum atomic E-state index is 11.3.